The highest BCUT2D eigenvalue weighted by Crippen LogP contribution is 2.40. The van der Waals surface area contributed by atoms with Crippen molar-refractivity contribution in [3.8, 4) is 0 Å². The minimum atomic E-state index is -1.00. The van der Waals surface area contributed by atoms with Gasteiger partial charge in [0.1, 0.15) is 11.9 Å². The quantitative estimate of drug-likeness (QED) is 0.645. The standard InChI is InChI=1S/C13H16N4O4/c18-13(19)15-11-8-3-4-9(11)7-16(6-8)10-2-1-5-14-12(10)17(20)21/h1-2,5,8-9,11,15H,3-4,6-7H2,(H,18,19)/t8-,9+,11+. The largest absolute Gasteiger partial charge is 0.465 e. The number of hydrogen-bond acceptors (Lipinski definition) is 5. The van der Waals surface area contributed by atoms with Gasteiger partial charge in [-0.25, -0.2) is 4.79 Å². The number of fused-ring (bicyclic) bond motifs is 2. The van der Waals surface area contributed by atoms with E-state index in [0.717, 1.165) is 12.8 Å². The lowest BCUT2D eigenvalue weighted by atomic mass is 9.92. The summed E-state index contributed by atoms with van der Waals surface area (Å²) < 4.78 is 0. The zero-order valence-corrected chi connectivity index (χ0v) is 11.3. The Morgan fingerprint density at radius 1 is 1.43 bits per heavy atom. The van der Waals surface area contributed by atoms with Crippen molar-refractivity contribution in [3.63, 3.8) is 0 Å². The van der Waals surface area contributed by atoms with E-state index in [4.69, 9.17) is 5.11 Å². The maximum atomic E-state index is 11.1. The summed E-state index contributed by atoms with van der Waals surface area (Å²) >= 11 is 0. The smallest absolute Gasteiger partial charge is 0.404 e. The molecule has 8 nitrogen and oxygen atoms in total. The van der Waals surface area contributed by atoms with Crippen LogP contribution in [0.1, 0.15) is 12.8 Å². The fourth-order valence-corrected chi connectivity index (χ4v) is 3.57. The Hall–Kier alpha value is -2.38. The Kier molecular flexibility index (Phi) is 3.36. The van der Waals surface area contributed by atoms with Crippen molar-refractivity contribution in [1.29, 1.82) is 0 Å². The summed E-state index contributed by atoms with van der Waals surface area (Å²) in [5, 5.41) is 22.6. The molecule has 2 fully saturated rings. The molecule has 2 N–H and O–H groups in total. The molecule has 0 radical (unpaired) electrons. The predicted molar refractivity (Wildman–Crippen MR) is 74.3 cm³/mol. The second kappa shape index (κ2) is 5.19. The number of aromatic nitrogens is 1. The number of pyridine rings is 1. The third kappa shape index (κ3) is 2.48. The van der Waals surface area contributed by atoms with Crippen LogP contribution >= 0.6 is 0 Å². The fourth-order valence-electron chi connectivity index (χ4n) is 3.57. The molecular formula is C13H16N4O4. The van der Waals surface area contributed by atoms with Crippen LogP contribution < -0.4 is 10.2 Å². The Morgan fingerprint density at radius 3 is 2.67 bits per heavy atom. The van der Waals surface area contributed by atoms with E-state index >= 15 is 0 Å². The molecule has 2 bridgehead atoms. The van der Waals surface area contributed by atoms with Crippen molar-refractivity contribution in [2.24, 2.45) is 11.8 Å². The molecule has 2 heterocycles. The van der Waals surface area contributed by atoms with E-state index in [1.54, 1.807) is 12.1 Å². The average molecular weight is 292 g/mol. The van der Waals surface area contributed by atoms with Crippen LogP contribution in [-0.2, 0) is 0 Å². The topological polar surface area (TPSA) is 109 Å². The fraction of sp³-hybridized carbons (Fsp3) is 0.538. The Morgan fingerprint density at radius 2 is 2.10 bits per heavy atom. The zero-order chi connectivity index (χ0) is 15.0. The first kappa shape index (κ1) is 13.6. The van der Waals surface area contributed by atoms with Crippen LogP contribution in [0.15, 0.2) is 18.3 Å². The molecule has 1 amide bonds. The molecule has 0 spiro atoms. The van der Waals surface area contributed by atoms with Gasteiger partial charge in [-0.2, -0.15) is 0 Å². The molecule has 2 aliphatic rings. The van der Waals surface area contributed by atoms with Gasteiger partial charge in [0, 0.05) is 19.1 Å². The molecule has 1 aromatic rings. The molecule has 3 rings (SSSR count). The van der Waals surface area contributed by atoms with Gasteiger partial charge >= 0.3 is 11.9 Å². The highest BCUT2D eigenvalue weighted by Gasteiger charge is 2.43. The molecule has 8 heteroatoms. The molecule has 112 valence electrons. The molecule has 3 atom stereocenters. The lowest BCUT2D eigenvalue weighted by molar-refractivity contribution is -0.388. The van der Waals surface area contributed by atoms with Crippen molar-refractivity contribution in [2.45, 2.75) is 18.9 Å². The van der Waals surface area contributed by atoms with E-state index in [1.807, 2.05) is 4.90 Å². The van der Waals surface area contributed by atoms with Crippen LogP contribution in [0.5, 0.6) is 0 Å². The van der Waals surface area contributed by atoms with Crippen molar-refractivity contribution in [3.05, 3.63) is 28.4 Å². The van der Waals surface area contributed by atoms with E-state index in [0.29, 0.717) is 18.8 Å². The molecule has 0 aromatic carbocycles. The lowest BCUT2D eigenvalue weighted by Gasteiger charge is -2.38. The second-order valence-electron chi connectivity index (χ2n) is 5.58. The van der Waals surface area contributed by atoms with Gasteiger partial charge in [-0.05, 0) is 46.7 Å². The molecule has 1 aromatic heterocycles. The van der Waals surface area contributed by atoms with Crippen molar-refractivity contribution in [1.82, 2.24) is 10.3 Å². The number of amides is 1. The molecule has 1 aliphatic carbocycles. The molecule has 1 saturated heterocycles. The summed E-state index contributed by atoms with van der Waals surface area (Å²) in [5.74, 6) is 0.251. The van der Waals surface area contributed by atoms with Crippen molar-refractivity contribution < 1.29 is 14.8 Å². The van der Waals surface area contributed by atoms with Crippen LogP contribution in [0.4, 0.5) is 16.3 Å². The van der Waals surface area contributed by atoms with Gasteiger partial charge in [0.05, 0.1) is 0 Å². The van der Waals surface area contributed by atoms with Gasteiger partial charge in [0.25, 0.3) is 0 Å². The summed E-state index contributed by atoms with van der Waals surface area (Å²) in [6.07, 6.45) is 2.30. The number of rotatable bonds is 3. The first-order valence-electron chi connectivity index (χ1n) is 6.90. The van der Waals surface area contributed by atoms with Gasteiger partial charge < -0.3 is 25.4 Å². The molecule has 1 saturated carbocycles. The van der Waals surface area contributed by atoms with Gasteiger partial charge in [0.15, 0.2) is 0 Å². The second-order valence-corrected chi connectivity index (χ2v) is 5.58. The van der Waals surface area contributed by atoms with Crippen molar-refractivity contribution in [2.75, 3.05) is 18.0 Å². The molecular weight excluding hydrogens is 276 g/mol. The van der Waals surface area contributed by atoms with Crippen LogP contribution in [-0.4, -0.2) is 40.2 Å². The van der Waals surface area contributed by atoms with E-state index < -0.39 is 11.0 Å². The van der Waals surface area contributed by atoms with Crippen molar-refractivity contribution >= 4 is 17.6 Å². The van der Waals surface area contributed by atoms with Crippen LogP contribution in [0.2, 0.25) is 0 Å². The summed E-state index contributed by atoms with van der Waals surface area (Å²) in [7, 11) is 0. The molecule has 0 unspecified atom stereocenters. The average Bonchev–Trinajstić information content (AvgIpc) is 2.69. The van der Waals surface area contributed by atoms with Gasteiger partial charge in [-0.3, -0.25) is 0 Å². The number of carbonyl (C=O) groups is 1. The number of nitro groups is 1. The summed E-state index contributed by atoms with van der Waals surface area (Å²) in [5.41, 5.74) is 0.521. The summed E-state index contributed by atoms with van der Waals surface area (Å²) in [4.78, 5) is 27.3. The van der Waals surface area contributed by atoms with Gasteiger partial charge in [-0.15, -0.1) is 0 Å². The molecule has 1 aliphatic heterocycles. The number of hydrogen-bond donors (Lipinski definition) is 2. The number of piperidine rings is 1. The predicted octanol–water partition coefficient (Wildman–Crippen LogP) is 1.47. The zero-order valence-electron chi connectivity index (χ0n) is 11.3. The van der Waals surface area contributed by atoms with E-state index in [-0.39, 0.29) is 23.7 Å². The maximum absolute atomic E-state index is 11.1. The number of nitrogens with zero attached hydrogens (tertiary/aromatic N) is 3. The Bertz CT molecular complexity index is 565. The summed E-state index contributed by atoms with van der Waals surface area (Å²) in [6.45, 7) is 1.24. The highest BCUT2D eigenvalue weighted by molar-refractivity contribution is 5.65. The maximum Gasteiger partial charge on any atom is 0.404 e. The van der Waals surface area contributed by atoms with Crippen LogP contribution in [0, 0.1) is 22.0 Å². The monoisotopic (exact) mass is 292 g/mol. The van der Waals surface area contributed by atoms with Gasteiger partial charge in [0.2, 0.25) is 0 Å². The number of nitrogens with one attached hydrogen (secondary N) is 1. The molecule has 21 heavy (non-hydrogen) atoms. The van der Waals surface area contributed by atoms with Crippen LogP contribution in [0.3, 0.4) is 0 Å². The first-order valence-corrected chi connectivity index (χ1v) is 6.90. The first-order chi connectivity index (χ1) is 10.1. The van der Waals surface area contributed by atoms with E-state index in [2.05, 4.69) is 10.3 Å². The minimum Gasteiger partial charge on any atom is -0.465 e. The third-order valence-corrected chi connectivity index (χ3v) is 4.40. The van der Waals surface area contributed by atoms with Crippen LogP contribution in [0.25, 0.3) is 0 Å². The Balaban J connectivity index is 1.82. The van der Waals surface area contributed by atoms with E-state index in [1.165, 1.54) is 6.20 Å². The Labute approximate surface area is 120 Å². The SMILES string of the molecule is O=C(O)N[C@H]1[C@@H]2CC[C@H]1CN(c1cccnc1[N+](=O)[O-])C2. The van der Waals surface area contributed by atoms with E-state index in [9.17, 15) is 14.9 Å². The minimum absolute atomic E-state index is 0.0468. The number of anilines is 1. The number of carboxylic acid groups (broad SMARTS) is 1. The normalized spacial score (nSPS) is 27.4. The summed E-state index contributed by atoms with van der Waals surface area (Å²) in [6, 6.07) is 3.34. The highest BCUT2D eigenvalue weighted by atomic mass is 16.6. The lowest BCUT2D eigenvalue weighted by Crippen LogP contribution is -2.52. The third-order valence-electron chi connectivity index (χ3n) is 4.40. The van der Waals surface area contributed by atoms with Gasteiger partial charge in [-0.1, -0.05) is 0 Å².